The molecule has 3 unspecified atom stereocenters. The van der Waals surface area contributed by atoms with Crippen molar-refractivity contribution in [3.8, 4) is 0 Å². The Kier molecular flexibility index (Phi) is 4.71. The summed E-state index contributed by atoms with van der Waals surface area (Å²) in [6, 6.07) is 9.65. The maximum Gasteiger partial charge on any atom is 0.0681 e. The summed E-state index contributed by atoms with van der Waals surface area (Å²) in [6.45, 7) is 2.25. The quantitative estimate of drug-likeness (QED) is 0.771. The van der Waals surface area contributed by atoms with Gasteiger partial charge >= 0.3 is 0 Å². The van der Waals surface area contributed by atoms with Crippen molar-refractivity contribution < 1.29 is 5.11 Å². The smallest absolute Gasteiger partial charge is 0.0681 e. The lowest BCUT2D eigenvalue weighted by atomic mass is 9.93. The van der Waals surface area contributed by atoms with Crippen LogP contribution >= 0.6 is 0 Å². The molecule has 0 radical (unpaired) electrons. The largest absolute Gasteiger partial charge is 0.392 e. The number of rotatable bonds is 5. The molecule has 1 aromatic rings. The molecule has 2 fully saturated rings. The second-order valence-corrected chi connectivity index (χ2v) is 6.26. The van der Waals surface area contributed by atoms with Crippen LogP contribution in [0.15, 0.2) is 24.3 Å². The van der Waals surface area contributed by atoms with Gasteiger partial charge in [-0.15, -0.1) is 0 Å². The van der Waals surface area contributed by atoms with Gasteiger partial charge < -0.3 is 15.7 Å². The number of hydrogen-bond donors (Lipinski definition) is 3. The monoisotopic (exact) mass is 274 g/mol. The molecule has 0 aromatic heterocycles. The summed E-state index contributed by atoms with van der Waals surface area (Å²) in [5.74, 6) is 0.804. The predicted octanol–water partition coefficient (Wildman–Crippen LogP) is 2.19. The van der Waals surface area contributed by atoms with Gasteiger partial charge in [0.1, 0.15) is 0 Å². The van der Waals surface area contributed by atoms with Crippen molar-refractivity contribution in [2.45, 2.75) is 57.3 Å². The minimum absolute atomic E-state index is 0.131. The van der Waals surface area contributed by atoms with E-state index in [1.807, 2.05) is 12.1 Å². The van der Waals surface area contributed by atoms with E-state index in [0.29, 0.717) is 6.04 Å². The first kappa shape index (κ1) is 14.1. The van der Waals surface area contributed by atoms with E-state index in [1.54, 1.807) is 0 Å². The molecule has 1 heterocycles. The van der Waals surface area contributed by atoms with Crippen LogP contribution in [0.4, 0.5) is 0 Å². The zero-order valence-electron chi connectivity index (χ0n) is 12.1. The third-order valence-corrected chi connectivity index (χ3v) is 4.93. The highest BCUT2D eigenvalue weighted by Crippen LogP contribution is 2.32. The molecule has 3 nitrogen and oxygen atoms in total. The van der Waals surface area contributed by atoms with Crippen molar-refractivity contribution in [3.05, 3.63) is 35.4 Å². The molecule has 0 bridgehead atoms. The first-order valence-corrected chi connectivity index (χ1v) is 8.02. The van der Waals surface area contributed by atoms with Crippen molar-refractivity contribution in [1.82, 2.24) is 10.6 Å². The van der Waals surface area contributed by atoms with Crippen molar-refractivity contribution in [3.63, 3.8) is 0 Å². The van der Waals surface area contributed by atoms with Gasteiger partial charge in [-0.1, -0.05) is 30.7 Å². The average Bonchev–Trinajstić information content (AvgIpc) is 3.16. The number of aliphatic hydroxyl groups excluding tert-OH is 1. The van der Waals surface area contributed by atoms with Crippen molar-refractivity contribution in [1.29, 1.82) is 0 Å². The van der Waals surface area contributed by atoms with E-state index in [0.717, 1.165) is 24.1 Å². The SMILES string of the molecule is OCc1cccc(CNC2CCCC2C2CCCN2)c1. The summed E-state index contributed by atoms with van der Waals surface area (Å²) in [5, 5.41) is 16.6. The zero-order chi connectivity index (χ0) is 13.8. The van der Waals surface area contributed by atoms with Crippen molar-refractivity contribution >= 4 is 0 Å². The normalized spacial score (nSPS) is 29.9. The second kappa shape index (κ2) is 6.70. The first-order valence-electron chi connectivity index (χ1n) is 8.02. The van der Waals surface area contributed by atoms with E-state index in [2.05, 4.69) is 22.8 Å². The number of aliphatic hydroxyl groups is 1. The second-order valence-electron chi connectivity index (χ2n) is 6.26. The van der Waals surface area contributed by atoms with Gasteiger partial charge in [-0.2, -0.15) is 0 Å². The summed E-state index contributed by atoms with van der Waals surface area (Å²) in [7, 11) is 0. The maximum absolute atomic E-state index is 9.20. The van der Waals surface area contributed by atoms with Gasteiger partial charge in [0.05, 0.1) is 6.61 Å². The minimum Gasteiger partial charge on any atom is -0.392 e. The minimum atomic E-state index is 0.131. The fraction of sp³-hybridized carbons (Fsp3) is 0.647. The van der Waals surface area contributed by atoms with Crippen LogP contribution in [-0.2, 0) is 13.2 Å². The Labute approximate surface area is 121 Å². The molecular weight excluding hydrogens is 248 g/mol. The topological polar surface area (TPSA) is 44.3 Å². The van der Waals surface area contributed by atoms with Gasteiger partial charge in [-0.05, 0) is 49.3 Å². The van der Waals surface area contributed by atoms with Crippen LogP contribution in [0, 0.1) is 5.92 Å². The van der Waals surface area contributed by atoms with Crippen LogP contribution in [0.3, 0.4) is 0 Å². The Morgan fingerprint density at radius 2 is 2.05 bits per heavy atom. The van der Waals surface area contributed by atoms with Crippen LogP contribution in [0.2, 0.25) is 0 Å². The van der Waals surface area contributed by atoms with Crippen LogP contribution in [0.5, 0.6) is 0 Å². The third-order valence-electron chi connectivity index (χ3n) is 4.93. The molecule has 2 aliphatic rings. The van der Waals surface area contributed by atoms with E-state index in [4.69, 9.17) is 0 Å². The Hall–Kier alpha value is -0.900. The summed E-state index contributed by atoms with van der Waals surface area (Å²) in [4.78, 5) is 0. The number of nitrogens with one attached hydrogen (secondary N) is 2. The summed E-state index contributed by atoms with van der Waals surface area (Å²) < 4.78 is 0. The zero-order valence-corrected chi connectivity index (χ0v) is 12.1. The highest BCUT2D eigenvalue weighted by Gasteiger charge is 2.34. The van der Waals surface area contributed by atoms with Crippen LogP contribution in [0.25, 0.3) is 0 Å². The van der Waals surface area contributed by atoms with E-state index in [-0.39, 0.29) is 6.61 Å². The molecule has 1 saturated heterocycles. The Bertz CT molecular complexity index is 429. The molecule has 20 heavy (non-hydrogen) atoms. The van der Waals surface area contributed by atoms with Crippen LogP contribution in [0.1, 0.15) is 43.2 Å². The molecule has 110 valence electrons. The predicted molar refractivity (Wildman–Crippen MR) is 81.4 cm³/mol. The fourth-order valence-corrected chi connectivity index (χ4v) is 3.89. The van der Waals surface area contributed by atoms with Crippen molar-refractivity contribution in [2.24, 2.45) is 5.92 Å². The third kappa shape index (κ3) is 3.22. The Morgan fingerprint density at radius 3 is 2.85 bits per heavy atom. The molecule has 0 spiro atoms. The van der Waals surface area contributed by atoms with Crippen LogP contribution < -0.4 is 10.6 Å². The fourth-order valence-electron chi connectivity index (χ4n) is 3.89. The summed E-state index contributed by atoms with van der Waals surface area (Å²) in [5.41, 5.74) is 2.28. The lowest BCUT2D eigenvalue weighted by Crippen LogP contribution is -2.41. The first-order chi connectivity index (χ1) is 9.86. The standard InChI is InChI=1S/C17H26N2O/c20-12-14-5-1-4-13(10-14)11-19-17-7-2-6-15(17)16-8-3-9-18-16/h1,4-5,10,15-20H,2-3,6-9,11-12H2. The highest BCUT2D eigenvalue weighted by atomic mass is 16.3. The van der Waals surface area contributed by atoms with Gasteiger partial charge in [0.2, 0.25) is 0 Å². The van der Waals surface area contributed by atoms with Gasteiger partial charge in [-0.3, -0.25) is 0 Å². The molecule has 1 aliphatic carbocycles. The highest BCUT2D eigenvalue weighted by molar-refractivity contribution is 5.22. The van der Waals surface area contributed by atoms with E-state index in [9.17, 15) is 5.11 Å². The van der Waals surface area contributed by atoms with Crippen molar-refractivity contribution in [2.75, 3.05) is 6.54 Å². The molecule has 3 rings (SSSR count). The molecule has 3 heteroatoms. The molecule has 3 N–H and O–H groups in total. The Balaban J connectivity index is 1.56. The maximum atomic E-state index is 9.20. The molecular formula is C17H26N2O. The molecule has 1 saturated carbocycles. The molecule has 1 aliphatic heterocycles. The van der Waals surface area contributed by atoms with E-state index >= 15 is 0 Å². The lowest BCUT2D eigenvalue weighted by Gasteiger charge is -2.26. The molecule has 0 amide bonds. The number of hydrogen-bond acceptors (Lipinski definition) is 3. The van der Waals surface area contributed by atoms with E-state index < -0.39 is 0 Å². The van der Waals surface area contributed by atoms with Gasteiger partial charge in [0.15, 0.2) is 0 Å². The van der Waals surface area contributed by atoms with Crippen LogP contribution in [-0.4, -0.2) is 23.7 Å². The molecule has 3 atom stereocenters. The average molecular weight is 274 g/mol. The lowest BCUT2D eigenvalue weighted by molar-refractivity contribution is 0.281. The summed E-state index contributed by atoms with van der Waals surface area (Å²) >= 11 is 0. The van der Waals surface area contributed by atoms with Gasteiger partial charge in [0.25, 0.3) is 0 Å². The van der Waals surface area contributed by atoms with E-state index in [1.165, 1.54) is 44.2 Å². The van der Waals surface area contributed by atoms with Gasteiger partial charge in [-0.25, -0.2) is 0 Å². The molecule has 1 aromatic carbocycles. The summed E-state index contributed by atoms with van der Waals surface area (Å²) in [6.07, 6.45) is 6.72. The van der Waals surface area contributed by atoms with Gasteiger partial charge in [0, 0.05) is 18.6 Å². The number of benzene rings is 1. The Morgan fingerprint density at radius 1 is 1.15 bits per heavy atom.